The predicted octanol–water partition coefficient (Wildman–Crippen LogP) is 3.78. The number of hydrogen-bond donors (Lipinski definition) is 1. The minimum atomic E-state index is 0.394. The van der Waals surface area contributed by atoms with Crippen molar-refractivity contribution in [2.75, 3.05) is 5.73 Å². The van der Waals surface area contributed by atoms with Crippen LogP contribution in [0, 0.1) is 6.92 Å². The van der Waals surface area contributed by atoms with Crippen LogP contribution in [-0.4, -0.2) is 4.98 Å². The molecule has 0 amide bonds. The molecule has 0 unspecified atom stereocenters. The summed E-state index contributed by atoms with van der Waals surface area (Å²) in [6.45, 7) is 10.1. The molecule has 0 aliphatic heterocycles. The van der Waals surface area contributed by atoms with Crippen LogP contribution >= 0.6 is 11.6 Å². The highest BCUT2D eigenvalue weighted by molar-refractivity contribution is 6.31. The zero-order chi connectivity index (χ0) is 11.3. The van der Waals surface area contributed by atoms with Gasteiger partial charge in [-0.05, 0) is 24.5 Å². The summed E-state index contributed by atoms with van der Waals surface area (Å²) < 4.78 is 0. The van der Waals surface area contributed by atoms with Gasteiger partial charge in [0.15, 0.2) is 0 Å². The number of aromatic nitrogens is 1. The Morgan fingerprint density at radius 3 is 2.21 bits per heavy atom. The molecule has 2 N–H and O–H groups in total. The molecule has 0 aliphatic carbocycles. The summed E-state index contributed by atoms with van der Waals surface area (Å²) in [6.07, 6.45) is 0. The van der Waals surface area contributed by atoms with E-state index in [1.54, 1.807) is 6.07 Å². The van der Waals surface area contributed by atoms with Gasteiger partial charge in [-0.1, -0.05) is 39.3 Å². The highest BCUT2D eigenvalue weighted by Crippen LogP contribution is 2.27. The molecule has 2 nitrogen and oxygen atoms in total. The summed E-state index contributed by atoms with van der Waals surface area (Å²) >= 11 is 6.01. The van der Waals surface area contributed by atoms with Crippen LogP contribution in [0.25, 0.3) is 0 Å². The van der Waals surface area contributed by atoms with Crippen molar-refractivity contribution in [1.29, 1.82) is 0 Å². The van der Waals surface area contributed by atoms with Gasteiger partial charge in [0.25, 0.3) is 0 Å². The lowest BCUT2D eigenvalue weighted by Crippen LogP contribution is -2.00. The summed E-state index contributed by atoms with van der Waals surface area (Å²) in [5, 5.41) is 0.718. The molecule has 80 valence electrons. The molecule has 0 bridgehead atoms. The average Bonchev–Trinajstić information content (AvgIpc) is 2.04. The smallest absolute Gasteiger partial charge is 0.125 e. The summed E-state index contributed by atoms with van der Waals surface area (Å²) in [7, 11) is 0. The fourth-order valence-corrected chi connectivity index (χ4v) is 1.83. The second-order valence-corrected chi connectivity index (χ2v) is 3.59. The van der Waals surface area contributed by atoms with Gasteiger partial charge in [-0.2, -0.15) is 0 Å². The first kappa shape index (κ1) is 13.2. The standard InChI is InChI=1S/C9H13ClN2.C2H6/c1-5(2)9-6(3)12-8(11)4-7(9)10;1-2/h4-5H,1-3H3,(H2,11,12);1-2H3. The lowest BCUT2D eigenvalue weighted by molar-refractivity contribution is 0.844. The van der Waals surface area contributed by atoms with E-state index in [0.29, 0.717) is 11.7 Å². The maximum atomic E-state index is 6.01. The Morgan fingerprint density at radius 2 is 1.86 bits per heavy atom. The Bertz CT molecular complexity index is 272. The van der Waals surface area contributed by atoms with Crippen molar-refractivity contribution in [3.63, 3.8) is 0 Å². The van der Waals surface area contributed by atoms with Crippen molar-refractivity contribution in [3.8, 4) is 0 Å². The third-order valence-electron chi connectivity index (χ3n) is 1.80. The zero-order valence-electron chi connectivity index (χ0n) is 9.56. The van der Waals surface area contributed by atoms with Crippen molar-refractivity contribution < 1.29 is 0 Å². The van der Waals surface area contributed by atoms with Crippen molar-refractivity contribution in [2.45, 2.75) is 40.5 Å². The zero-order valence-corrected chi connectivity index (χ0v) is 10.3. The van der Waals surface area contributed by atoms with E-state index in [-0.39, 0.29) is 0 Å². The molecule has 0 radical (unpaired) electrons. The molecule has 3 heteroatoms. The highest BCUT2D eigenvalue weighted by atomic mass is 35.5. The van der Waals surface area contributed by atoms with E-state index in [1.807, 2.05) is 20.8 Å². The van der Waals surface area contributed by atoms with Crippen LogP contribution in [0.2, 0.25) is 5.02 Å². The number of nitrogen functional groups attached to an aromatic ring is 1. The lowest BCUT2D eigenvalue weighted by Gasteiger charge is -2.11. The van der Waals surface area contributed by atoms with E-state index in [1.165, 1.54) is 0 Å². The van der Waals surface area contributed by atoms with Crippen LogP contribution in [0.5, 0.6) is 0 Å². The van der Waals surface area contributed by atoms with Crippen molar-refractivity contribution in [2.24, 2.45) is 0 Å². The Morgan fingerprint density at radius 1 is 1.36 bits per heavy atom. The van der Waals surface area contributed by atoms with Crippen LogP contribution in [-0.2, 0) is 0 Å². The second kappa shape index (κ2) is 5.86. The van der Waals surface area contributed by atoms with E-state index in [0.717, 1.165) is 16.3 Å². The first-order valence-corrected chi connectivity index (χ1v) is 5.32. The minimum absolute atomic E-state index is 0.394. The molecule has 1 rings (SSSR count). The van der Waals surface area contributed by atoms with Crippen LogP contribution in [0.4, 0.5) is 5.82 Å². The molecule has 1 aromatic rings. The van der Waals surface area contributed by atoms with Gasteiger partial charge in [-0.15, -0.1) is 0 Å². The first-order valence-electron chi connectivity index (χ1n) is 4.95. The van der Waals surface area contributed by atoms with E-state index in [2.05, 4.69) is 18.8 Å². The summed E-state index contributed by atoms with van der Waals surface area (Å²) in [5.74, 6) is 0.882. The topological polar surface area (TPSA) is 38.9 Å². The number of nitrogens with two attached hydrogens (primary N) is 1. The van der Waals surface area contributed by atoms with Gasteiger partial charge >= 0.3 is 0 Å². The number of anilines is 1. The third-order valence-corrected chi connectivity index (χ3v) is 2.11. The first-order chi connectivity index (χ1) is 6.52. The van der Waals surface area contributed by atoms with Gasteiger partial charge in [0.2, 0.25) is 0 Å². The summed E-state index contributed by atoms with van der Waals surface area (Å²) in [4.78, 5) is 4.15. The number of halogens is 1. The molecule has 0 saturated heterocycles. The van der Waals surface area contributed by atoms with Crippen LogP contribution in [0.15, 0.2) is 6.07 Å². The average molecular weight is 215 g/mol. The molecule has 0 saturated carbocycles. The number of aryl methyl sites for hydroxylation is 1. The summed E-state index contributed by atoms with van der Waals surface area (Å²) in [6, 6.07) is 1.70. The van der Waals surface area contributed by atoms with Crippen LogP contribution in [0.3, 0.4) is 0 Å². The molecule has 0 fully saturated rings. The molecular formula is C11H19ClN2. The lowest BCUT2D eigenvalue weighted by atomic mass is 10.0. The van der Waals surface area contributed by atoms with E-state index in [9.17, 15) is 0 Å². The quantitative estimate of drug-likeness (QED) is 0.773. The Labute approximate surface area is 91.5 Å². The van der Waals surface area contributed by atoms with Crippen molar-refractivity contribution in [3.05, 3.63) is 22.3 Å². The highest BCUT2D eigenvalue weighted by Gasteiger charge is 2.09. The van der Waals surface area contributed by atoms with Crippen molar-refractivity contribution >= 4 is 17.4 Å². The van der Waals surface area contributed by atoms with Gasteiger partial charge in [0.05, 0.1) is 0 Å². The Kier molecular flexibility index (Phi) is 5.55. The number of rotatable bonds is 1. The number of hydrogen-bond acceptors (Lipinski definition) is 2. The van der Waals surface area contributed by atoms with Gasteiger partial charge in [-0.25, -0.2) is 4.98 Å². The van der Waals surface area contributed by atoms with E-state index in [4.69, 9.17) is 17.3 Å². The molecule has 1 aromatic heterocycles. The Balaban J connectivity index is 0.000000791. The fraction of sp³-hybridized carbons (Fsp3) is 0.545. The normalized spacial score (nSPS) is 9.64. The SMILES string of the molecule is CC.Cc1nc(N)cc(Cl)c1C(C)C. The third kappa shape index (κ3) is 3.18. The van der Waals surface area contributed by atoms with Crippen LogP contribution in [0.1, 0.15) is 44.9 Å². The van der Waals surface area contributed by atoms with Gasteiger partial charge in [0, 0.05) is 10.7 Å². The molecule has 1 heterocycles. The van der Waals surface area contributed by atoms with Gasteiger partial charge < -0.3 is 5.73 Å². The number of nitrogens with zero attached hydrogens (tertiary/aromatic N) is 1. The maximum Gasteiger partial charge on any atom is 0.125 e. The summed E-state index contributed by atoms with van der Waals surface area (Å²) in [5.41, 5.74) is 7.55. The second-order valence-electron chi connectivity index (χ2n) is 3.18. The molecular weight excluding hydrogens is 196 g/mol. The van der Waals surface area contributed by atoms with Crippen LogP contribution < -0.4 is 5.73 Å². The molecule has 0 aliphatic rings. The Hall–Kier alpha value is -0.760. The largest absolute Gasteiger partial charge is 0.384 e. The van der Waals surface area contributed by atoms with Crippen molar-refractivity contribution in [1.82, 2.24) is 4.98 Å². The maximum absolute atomic E-state index is 6.01. The monoisotopic (exact) mass is 214 g/mol. The molecule has 0 atom stereocenters. The minimum Gasteiger partial charge on any atom is -0.384 e. The van der Waals surface area contributed by atoms with Gasteiger partial charge in [0.1, 0.15) is 5.82 Å². The van der Waals surface area contributed by atoms with Gasteiger partial charge in [-0.3, -0.25) is 0 Å². The molecule has 14 heavy (non-hydrogen) atoms. The van der Waals surface area contributed by atoms with E-state index < -0.39 is 0 Å². The van der Waals surface area contributed by atoms with E-state index >= 15 is 0 Å². The fourth-order valence-electron chi connectivity index (χ4n) is 1.36. The number of pyridine rings is 1. The molecule has 0 spiro atoms. The predicted molar refractivity (Wildman–Crippen MR) is 63.8 cm³/mol. The molecule has 0 aromatic carbocycles.